The molecule has 18 heavy (non-hydrogen) atoms. The lowest BCUT2D eigenvalue weighted by Gasteiger charge is -1.96. The number of aryl methyl sites for hydroxylation is 1. The van der Waals surface area contributed by atoms with Crippen LogP contribution in [0.4, 0.5) is 0 Å². The predicted octanol–water partition coefficient (Wildman–Crippen LogP) is 1.76. The SMILES string of the molecule is CNCCCc1nnc(-c2cccc(C#N)c2)o1. The third-order valence-corrected chi connectivity index (χ3v) is 2.52. The van der Waals surface area contributed by atoms with Crippen LogP contribution in [-0.2, 0) is 6.42 Å². The van der Waals surface area contributed by atoms with Crippen molar-refractivity contribution in [2.75, 3.05) is 13.6 Å². The van der Waals surface area contributed by atoms with E-state index >= 15 is 0 Å². The minimum Gasteiger partial charge on any atom is -0.421 e. The van der Waals surface area contributed by atoms with E-state index in [0.29, 0.717) is 17.3 Å². The van der Waals surface area contributed by atoms with Crippen LogP contribution in [0.25, 0.3) is 11.5 Å². The van der Waals surface area contributed by atoms with Crippen molar-refractivity contribution in [2.45, 2.75) is 12.8 Å². The zero-order valence-electron chi connectivity index (χ0n) is 10.2. The first-order valence-electron chi connectivity index (χ1n) is 5.81. The molecule has 0 atom stereocenters. The molecule has 0 aliphatic rings. The lowest BCUT2D eigenvalue weighted by atomic mass is 10.1. The highest BCUT2D eigenvalue weighted by Crippen LogP contribution is 2.19. The normalized spacial score (nSPS) is 10.2. The number of hydrogen-bond acceptors (Lipinski definition) is 5. The molecule has 0 bridgehead atoms. The number of nitrogens with one attached hydrogen (secondary N) is 1. The van der Waals surface area contributed by atoms with Crippen LogP contribution in [-0.4, -0.2) is 23.8 Å². The van der Waals surface area contributed by atoms with Gasteiger partial charge in [-0.25, -0.2) is 0 Å². The second-order valence-electron chi connectivity index (χ2n) is 3.90. The van der Waals surface area contributed by atoms with E-state index < -0.39 is 0 Å². The first-order valence-corrected chi connectivity index (χ1v) is 5.81. The molecule has 0 amide bonds. The Balaban J connectivity index is 2.11. The van der Waals surface area contributed by atoms with Crippen LogP contribution < -0.4 is 5.32 Å². The Morgan fingerprint density at radius 3 is 3.06 bits per heavy atom. The molecule has 0 saturated heterocycles. The Kier molecular flexibility index (Phi) is 4.05. The highest BCUT2D eigenvalue weighted by molar-refractivity contribution is 5.55. The van der Waals surface area contributed by atoms with Gasteiger partial charge in [0, 0.05) is 12.0 Å². The van der Waals surface area contributed by atoms with Crippen LogP contribution >= 0.6 is 0 Å². The molecule has 0 aliphatic heterocycles. The number of aromatic nitrogens is 2. The molecule has 5 nitrogen and oxygen atoms in total. The Morgan fingerprint density at radius 1 is 1.39 bits per heavy atom. The van der Waals surface area contributed by atoms with Gasteiger partial charge in [-0.1, -0.05) is 6.07 Å². The van der Waals surface area contributed by atoms with Gasteiger partial charge in [-0.05, 0) is 38.2 Å². The van der Waals surface area contributed by atoms with Crippen molar-refractivity contribution in [3.8, 4) is 17.5 Å². The lowest BCUT2D eigenvalue weighted by molar-refractivity contribution is 0.495. The van der Waals surface area contributed by atoms with Crippen molar-refractivity contribution in [1.29, 1.82) is 5.26 Å². The first-order chi connectivity index (χ1) is 8.83. The van der Waals surface area contributed by atoms with Gasteiger partial charge in [-0.15, -0.1) is 10.2 Å². The van der Waals surface area contributed by atoms with E-state index in [2.05, 4.69) is 21.6 Å². The zero-order valence-corrected chi connectivity index (χ0v) is 10.2. The molecule has 0 aliphatic carbocycles. The largest absolute Gasteiger partial charge is 0.421 e. The van der Waals surface area contributed by atoms with Crippen LogP contribution in [0.3, 0.4) is 0 Å². The standard InChI is InChI=1S/C13H14N4O/c1-15-7-3-6-12-16-17-13(18-12)11-5-2-4-10(8-11)9-14/h2,4-5,8,15H,3,6-7H2,1H3. The summed E-state index contributed by atoms with van der Waals surface area (Å²) in [4.78, 5) is 0. The summed E-state index contributed by atoms with van der Waals surface area (Å²) in [5.74, 6) is 1.09. The number of nitrogens with zero attached hydrogens (tertiary/aromatic N) is 3. The number of nitriles is 1. The van der Waals surface area contributed by atoms with Crippen molar-refractivity contribution < 1.29 is 4.42 Å². The minimum absolute atomic E-state index is 0.464. The summed E-state index contributed by atoms with van der Waals surface area (Å²) in [6.45, 7) is 0.918. The summed E-state index contributed by atoms with van der Waals surface area (Å²) in [5.41, 5.74) is 1.36. The molecule has 92 valence electrons. The Bertz CT molecular complexity index is 556. The minimum atomic E-state index is 0.464. The van der Waals surface area contributed by atoms with E-state index in [4.69, 9.17) is 9.68 Å². The fourth-order valence-corrected chi connectivity index (χ4v) is 1.61. The summed E-state index contributed by atoms with van der Waals surface area (Å²) in [5, 5.41) is 19.9. The van der Waals surface area contributed by atoms with Gasteiger partial charge in [0.2, 0.25) is 11.8 Å². The average molecular weight is 242 g/mol. The molecule has 2 rings (SSSR count). The monoisotopic (exact) mass is 242 g/mol. The number of benzene rings is 1. The summed E-state index contributed by atoms with van der Waals surface area (Å²) in [7, 11) is 1.91. The van der Waals surface area contributed by atoms with Crippen molar-refractivity contribution in [2.24, 2.45) is 0 Å². The smallest absolute Gasteiger partial charge is 0.247 e. The molecule has 1 aromatic heterocycles. The van der Waals surface area contributed by atoms with Crippen LogP contribution in [0, 0.1) is 11.3 Å². The van der Waals surface area contributed by atoms with Gasteiger partial charge in [0.25, 0.3) is 0 Å². The molecule has 0 unspecified atom stereocenters. The first kappa shape index (κ1) is 12.3. The van der Waals surface area contributed by atoms with Gasteiger partial charge in [-0.3, -0.25) is 0 Å². The van der Waals surface area contributed by atoms with E-state index in [0.717, 1.165) is 24.9 Å². The zero-order chi connectivity index (χ0) is 12.8. The molecule has 1 heterocycles. The molecular formula is C13H14N4O. The van der Waals surface area contributed by atoms with E-state index in [1.165, 1.54) is 0 Å². The van der Waals surface area contributed by atoms with Crippen LogP contribution in [0.2, 0.25) is 0 Å². The van der Waals surface area contributed by atoms with Gasteiger partial charge >= 0.3 is 0 Å². The van der Waals surface area contributed by atoms with Gasteiger partial charge in [0.05, 0.1) is 11.6 Å². The molecule has 0 saturated carbocycles. The van der Waals surface area contributed by atoms with E-state index in [9.17, 15) is 0 Å². The highest BCUT2D eigenvalue weighted by Gasteiger charge is 2.08. The molecule has 1 N–H and O–H groups in total. The number of rotatable bonds is 5. The molecule has 0 fully saturated rings. The third kappa shape index (κ3) is 2.93. The fraction of sp³-hybridized carbons (Fsp3) is 0.308. The summed E-state index contributed by atoms with van der Waals surface area (Å²) >= 11 is 0. The molecule has 1 aromatic carbocycles. The molecule has 0 radical (unpaired) electrons. The van der Waals surface area contributed by atoms with Crippen molar-refractivity contribution in [3.63, 3.8) is 0 Å². The Morgan fingerprint density at radius 2 is 2.28 bits per heavy atom. The Hall–Kier alpha value is -2.19. The van der Waals surface area contributed by atoms with Gasteiger partial charge in [0.15, 0.2) is 0 Å². The molecule has 5 heteroatoms. The van der Waals surface area contributed by atoms with Crippen LogP contribution in [0.5, 0.6) is 0 Å². The predicted molar refractivity (Wildman–Crippen MR) is 66.7 cm³/mol. The van der Waals surface area contributed by atoms with Crippen LogP contribution in [0.15, 0.2) is 28.7 Å². The highest BCUT2D eigenvalue weighted by atomic mass is 16.4. The van der Waals surface area contributed by atoms with Crippen molar-refractivity contribution in [3.05, 3.63) is 35.7 Å². The van der Waals surface area contributed by atoms with Crippen LogP contribution in [0.1, 0.15) is 17.9 Å². The van der Waals surface area contributed by atoms with E-state index in [1.807, 2.05) is 13.1 Å². The van der Waals surface area contributed by atoms with Gasteiger partial charge in [-0.2, -0.15) is 5.26 Å². The average Bonchev–Trinajstić information content (AvgIpc) is 2.88. The molecular weight excluding hydrogens is 228 g/mol. The second kappa shape index (κ2) is 5.94. The van der Waals surface area contributed by atoms with Crippen molar-refractivity contribution in [1.82, 2.24) is 15.5 Å². The van der Waals surface area contributed by atoms with Crippen molar-refractivity contribution >= 4 is 0 Å². The molecule has 0 spiro atoms. The van der Waals surface area contributed by atoms with Gasteiger partial charge in [0.1, 0.15) is 0 Å². The summed E-state index contributed by atoms with van der Waals surface area (Å²) < 4.78 is 5.56. The Labute approximate surface area is 105 Å². The second-order valence-corrected chi connectivity index (χ2v) is 3.90. The summed E-state index contributed by atoms with van der Waals surface area (Å²) in [6, 6.07) is 9.23. The maximum absolute atomic E-state index is 8.83. The lowest BCUT2D eigenvalue weighted by Crippen LogP contribution is -2.08. The third-order valence-electron chi connectivity index (χ3n) is 2.52. The fourth-order valence-electron chi connectivity index (χ4n) is 1.61. The van der Waals surface area contributed by atoms with Gasteiger partial charge < -0.3 is 9.73 Å². The maximum atomic E-state index is 8.83. The number of hydrogen-bond donors (Lipinski definition) is 1. The topological polar surface area (TPSA) is 74.7 Å². The van der Waals surface area contributed by atoms with E-state index in [-0.39, 0.29) is 0 Å². The van der Waals surface area contributed by atoms with E-state index in [1.54, 1.807) is 18.2 Å². The maximum Gasteiger partial charge on any atom is 0.247 e. The quantitative estimate of drug-likeness (QED) is 0.808. The molecule has 2 aromatic rings. The summed E-state index contributed by atoms with van der Waals surface area (Å²) in [6.07, 6.45) is 1.71.